The number of anilines is 1. The maximum absolute atomic E-state index is 11.1. The lowest BCUT2D eigenvalue weighted by atomic mass is 9.69. The number of aliphatic carboxylic acids is 1. The summed E-state index contributed by atoms with van der Waals surface area (Å²) in [5.74, 6) is -0.686. The number of rotatable bonds is 4. The third-order valence-electron chi connectivity index (χ3n) is 2.96. The molecule has 4 nitrogen and oxygen atoms in total. The zero-order chi connectivity index (χ0) is 10.9. The topological polar surface area (TPSA) is 62.2 Å². The molecule has 0 unspecified atom stereocenters. The molecule has 0 amide bonds. The van der Waals surface area contributed by atoms with Crippen LogP contribution in [-0.4, -0.2) is 22.6 Å². The van der Waals surface area contributed by atoms with E-state index in [-0.39, 0.29) is 0 Å². The average Bonchev–Trinajstić information content (AvgIpc) is 2.49. The van der Waals surface area contributed by atoms with Crippen molar-refractivity contribution in [3.05, 3.63) is 11.1 Å². The van der Waals surface area contributed by atoms with E-state index in [0.29, 0.717) is 6.54 Å². The number of hydrogen-bond donors (Lipinski definition) is 2. The standard InChI is InChI=1S/C10H14N2O2S/c1-7-5-15-9(12-7)11-6-10(8(13)14)3-2-4-10/h5H,2-4,6H2,1H3,(H,11,12)(H,13,14). The van der Waals surface area contributed by atoms with Crippen LogP contribution in [0.3, 0.4) is 0 Å². The first kappa shape index (κ1) is 10.4. The Morgan fingerprint density at radius 1 is 1.73 bits per heavy atom. The predicted octanol–water partition coefficient (Wildman–Crippen LogP) is 2.12. The molecule has 0 spiro atoms. The fourth-order valence-corrected chi connectivity index (χ4v) is 2.44. The van der Waals surface area contributed by atoms with Gasteiger partial charge in [0.05, 0.1) is 11.1 Å². The van der Waals surface area contributed by atoms with Gasteiger partial charge in [0.15, 0.2) is 5.13 Å². The van der Waals surface area contributed by atoms with Crippen LogP contribution in [0.25, 0.3) is 0 Å². The quantitative estimate of drug-likeness (QED) is 0.825. The number of nitrogens with zero attached hydrogens (tertiary/aromatic N) is 1. The van der Waals surface area contributed by atoms with Crippen LogP contribution in [-0.2, 0) is 4.79 Å². The van der Waals surface area contributed by atoms with Gasteiger partial charge in [0.25, 0.3) is 0 Å². The molecule has 15 heavy (non-hydrogen) atoms. The highest BCUT2D eigenvalue weighted by Gasteiger charge is 2.44. The third kappa shape index (κ3) is 1.97. The monoisotopic (exact) mass is 226 g/mol. The van der Waals surface area contributed by atoms with Crippen molar-refractivity contribution in [3.63, 3.8) is 0 Å². The predicted molar refractivity (Wildman–Crippen MR) is 59.3 cm³/mol. The van der Waals surface area contributed by atoms with Crippen LogP contribution >= 0.6 is 11.3 Å². The number of carbonyl (C=O) groups is 1. The van der Waals surface area contributed by atoms with E-state index >= 15 is 0 Å². The van der Waals surface area contributed by atoms with Gasteiger partial charge < -0.3 is 10.4 Å². The molecule has 1 aromatic rings. The van der Waals surface area contributed by atoms with Crippen LogP contribution < -0.4 is 5.32 Å². The van der Waals surface area contributed by atoms with Crippen LogP contribution in [0.5, 0.6) is 0 Å². The molecule has 82 valence electrons. The summed E-state index contributed by atoms with van der Waals surface area (Å²) >= 11 is 1.52. The second-order valence-electron chi connectivity index (χ2n) is 4.09. The number of hydrogen-bond acceptors (Lipinski definition) is 4. The molecule has 0 aliphatic heterocycles. The Kier molecular flexibility index (Phi) is 2.65. The maximum Gasteiger partial charge on any atom is 0.311 e. The van der Waals surface area contributed by atoms with Crippen LogP contribution in [0.4, 0.5) is 5.13 Å². The molecule has 1 aliphatic carbocycles. The third-order valence-corrected chi connectivity index (χ3v) is 3.88. The maximum atomic E-state index is 11.1. The average molecular weight is 226 g/mol. The van der Waals surface area contributed by atoms with Gasteiger partial charge in [0.2, 0.25) is 0 Å². The van der Waals surface area contributed by atoms with E-state index in [4.69, 9.17) is 5.11 Å². The summed E-state index contributed by atoms with van der Waals surface area (Å²) in [5, 5.41) is 15.0. The van der Waals surface area contributed by atoms with Crippen LogP contribution in [0.2, 0.25) is 0 Å². The first-order chi connectivity index (χ1) is 7.12. The van der Waals surface area contributed by atoms with Gasteiger partial charge in [-0.15, -0.1) is 11.3 Å². The minimum absolute atomic E-state index is 0.495. The number of thiazole rings is 1. The van der Waals surface area contributed by atoms with Gasteiger partial charge in [-0.3, -0.25) is 4.79 Å². The fourth-order valence-electron chi connectivity index (χ4n) is 1.75. The molecule has 1 saturated carbocycles. The lowest BCUT2D eigenvalue weighted by Gasteiger charge is -2.37. The highest BCUT2D eigenvalue weighted by atomic mass is 32.1. The summed E-state index contributed by atoms with van der Waals surface area (Å²) in [6.07, 6.45) is 2.57. The molecule has 1 aliphatic rings. The molecule has 0 atom stereocenters. The van der Waals surface area contributed by atoms with Gasteiger partial charge in [-0.1, -0.05) is 6.42 Å². The summed E-state index contributed by atoms with van der Waals surface area (Å²) in [7, 11) is 0. The largest absolute Gasteiger partial charge is 0.481 e. The van der Waals surface area contributed by atoms with Crippen molar-refractivity contribution < 1.29 is 9.90 Å². The van der Waals surface area contributed by atoms with E-state index in [2.05, 4.69) is 10.3 Å². The van der Waals surface area contributed by atoms with Gasteiger partial charge in [-0.05, 0) is 19.8 Å². The van der Waals surface area contributed by atoms with Crippen molar-refractivity contribution >= 4 is 22.4 Å². The highest BCUT2D eigenvalue weighted by Crippen LogP contribution is 2.41. The summed E-state index contributed by atoms with van der Waals surface area (Å²) < 4.78 is 0. The summed E-state index contributed by atoms with van der Waals surface area (Å²) in [6, 6.07) is 0. The number of carboxylic acid groups (broad SMARTS) is 1. The van der Waals surface area contributed by atoms with Crippen molar-refractivity contribution in [2.75, 3.05) is 11.9 Å². The SMILES string of the molecule is Cc1csc(NCC2(C(=O)O)CCC2)n1. The molecule has 0 aromatic carbocycles. The first-order valence-electron chi connectivity index (χ1n) is 5.02. The Hall–Kier alpha value is -1.10. The molecule has 0 bridgehead atoms. The highest BCUT2D eigenvalue weighted by molar-refractivity contribution is 7.13. The van der Waals surface area contributed by atoms with E-state index in [0.717, 1.165) is 30.1 Å². The Morgan fingerprint density at radius 3 is 2.87 bits per heavy atom. The molecular weight excluding hydrogens is 212 g/mol. The number of aromatic nitrogens is 1. The number of carboxylic acids is 1. The van der Waals surface area contributed by atoms with Crippen molar-refractivity contribution in [2.24, 2.45) is 5.41 Å². The molecule has 1 aromatic heterocycles. The fraction of sp³-hybridized carbons (Fsp3) is 0.600. The van der Waals surface area contributed by atoms with Gasteiger partial charge in [-0.2, -0.15) is 0 Å². The van der Waals surface area contributed by atoms with Gasteiger partial charge in [0.1, 0.15) is 0 Å². The van der Waals surface area contributed by atoms with E-state index in [9.17, 15) is 4.79 Å². The van der Waals surface area contributed by atoms with E-state index in [1.54, 1.807) is 0 Å². The van der Waals surface area contributed by atoms with Gasteiger partial charge in [-0.25, -0.2) is 4.98 Å². The molecule has 5 heteroatoms. The zero-order valence-corrected chi connectivity index (χ0v) is 9.43. The second-order valence-corrected chi connectivity index (χ2v) is 4.94. The molecule has 1 fully saturated rings. The van der Waals surface area contributed by atoms with E-state index < -0.39 is 11.4 Å². The molecule has 1 heterocycles. The molecule has 0 radical (unpaired) electrons. The van der Waals surface area contributed by atoms with Crippen molar-refractivity contribution in [2.45, 2.75) is 26.2 Å². The van der Waals surface area contributed by atoms with E-state index in [1.807, 2.05) is 12.3 Å². The lowest BCUT2D eigenvalue weighted by molar-refractivity contribution is -0.153. The number of nitrogens with one attached hydrogen (secondary N) is 1. The first-order valence-corrected chi connectivity index (χ1v) is 5.90. The van der Waals surface area contributed by atoms with Crippen LogP contribution in [0, 0.1) is 12.3 Å². The minimum atomic E-state index is -0.686. The Balaban J connectivity index is 1.95. The van der Waals surface area contributed by atoms with Crippen molar-refractivity contribution in [1.29, 1.82) is 0 Å². The number of aryl methyl sites for hydroxylation is 1. The lowest BCUT2D eigenvalue weighted by Crippen LogP contribution is -2.43. The van der Waals surface area contributed by atoms with Gasteiger partial charge >= 0.3 is 5.97 Å². The van der Waals surface area contributed by atoms with Gasteiger partial charge in [0, 0.05) is 11.9 Å². The minimum Gasteiger partial charge on any atom is -0.481 e. The summed E-state index contributed by atoms with van der Waals surface area (Å²) in [5.41, 5.74) is 0.431. The smallest absolute Gasteiger partial charge is 0.311 e. The molecule has 0 saturated heterocycles. The zero-order valence-electron chi connectivity index (χ0n) is 8.62. The van der Waals surface area contributed by atoms with E-state index in [1.165, 1.54) is 11.3 Å². The summed E-state index contributed by atoms with van der Waals surface area (Å²) in [4.78, 5) is 15.3. The van der Waals surface area contributed by atoms with Crippen LogP contribution in [0.1, 0.15) is 25.0 Å². The molecular formula is C10H14N2O2S. The Bertz CT molecular complexity index is 371. The van der Waals surface area contributed by atoms with Crippen molar-refractivity contribution in [3.8, 4) is 0 Å². The summed E-state index contributed by atoms with van der Waals surface area (Å²) in [6.45, 7) is 2.42. The second kappa shape index (κ2) is 3.81. The van der Waals surface area contributed by atoms with Crippen molar-refractivity contribution in [1.82, 2.24) is 4.98 Å². The molecule has 2 rings (SSSR count). The Morgan fingerprint density at radius 2 is 2.47 bits per heavy atom. The Labute approximate surface area is 92.3 Å². The normalized spacial score (nSPS) is 18.2. The van der Waals surface area contributed by atoms with Crippen LogP contribution in [0.15, 0.2) is 5.38 Å². The molecule has 2 N–H and O–H groups in total.